The van der Waals surface area contributed by atoms with Crippen molar-refractivity contribution in [1.82, 2.24) is 4.98 Å². The van der Waals surface area contributed by atoms with Gasteiger partial charge in [-0.1, -0.05) is 109 Å². The third-order valence-corrected chi connectivity index (χ3v) is 6.01. The first kappa shape index (κ1) is 22.2. The Bertz CT molecular complexity index is 1500. The first-order valence-electron chi connectivity index (χ1n) is 11.4. The lowest BCUT2D eigenvalue weighted by Gasteiger charge is -2.20. The van der Waals surface area contributed by atoms with Crippen molar-refractivity contribution < 1.29 is 14.3 Å². The smallest absolute Gasteiger partial charge is 0.340 e. The van der Waals surface area contributed by atoms with E-state index in [0.29, 0.717) is 38.9 Å². The van der Waals surface area contributed by atoms with Crippen LogP contribution in [0.4, 0.5) is 0 Å². The summed E-state index contributed by atoms with van der Waals surface area (Å²) in [5.41, 5.74) is 4.53. The highest BCUT2D eigenvalue weighted by molar-refractivity contribution is 6.08. The standard InChI is InChI=1S/C31H23NO3/c1-21-27(25-19-11-12-20-26(25)32-28(21)22-13-5-2-6-14-22)31(34)35-30(24-17-9-4-10-18-24)29(33)23-15-7-3-8-16-23/h2-20,30H,1H3. The lowest BCUT2D eigenvalue weighted by atomic mass is 9.97. The number of hydrogen-bond acceptors (Lipinski definition) is 4. The molecule has 5 rings (SSSR count). The second kappa shape index (κ2) is 9.74. The highest BCUT2D eigenvalue weighted by atomic mass is 16.5. The van der Waals surface area contributed by atoms with Gasteiger partial charge < -0.3 is 4.74 Å². The molecule has 0 radical (unpaired) electrons. The normalized spacial score (nSPS) is 11.7. The molecular weight excluding hydrogens is 434 g/mol. The van der Waals surface area contributed by atoms with Crippen LogP contribution in [0.15, 0.2) is 115 Å². The summed E-state index contributed by atoms with van der Waals surface area (Å²) in [4.78, 5) is 32.1. The molecular formula is C31H23NO3. The second-order valence-corrected chi connectivity index (χ2v) is 8.27. The van der Waals surface area contributed by atoms with Crippen LogP contribution in [0, 0.1) is 6.92 Å². The van der Waals surface area contributed by atoms with E-state index in [2.05, 4.69) is 0 Å². The number of fused-ring (bicyclic) bond motifs is 1. The third kappa shape index (κ3) is 4.46. The van der Waals surface area contributed by atoms with Crippen LogP contribution in [0.25, 0.3) is 22.2 Å². The number of Topliss-reactive ketones (excluding diaryl/α,β-unsaturated/α-hetero) is 1. The van der Waals surface area contributed by atoms with E-state index in [1.54, 1.807) is 36.4 Å². The van der Waals surface area contributed by atoms with E-state index in [9.17, 15) is 9.59 Å². The maximum atomic E-state index is 13.8. The summed E-state index contributed by atoms with van der Waals surface area (Å²) in [5, 5.41) is 0.689. The zero-order valence-electron chi connectivity index (χ0n) is 19.2. The molecule has 1 aromatic heterocycles. The molecule has 5 aromatic rings. The molecule has 0 amide bonds. The van der Waals surface area contributed by atoms with Crippen molar-refractivity contribution >= 4 is 22.7 Å². The predicted molar refractivity (Wildman–Crippen MR) is 137 cm³/mol. The lowest BCUT2D eigenvalue weighted by molar-refractivity contribution is 0.0281. The van der Waals surface area contributed by atoms with Gasteiger partial charge in [-0.15, -0.1) is 0 Å². The Morgan fingerprint density at radius 3 is 1.97 bits per heavy atom. The zero-order valence-corrected chi connectivity index (χ0v) is 19.2. The Morgan fingerprint density at radius 2 is 1.29 bits per heavy atom. The average Bonchev–Trinajstić information content (AvgIpc) is 2.92. The Kier molecular flexibility index (Phi) is 6.18. The number of aromatic nitrogens is 1. The van der Waals surface area contributed by atoms with Crippen LogP contribution in [0.5, 0.6) is 0 Å². The lowest BCUT2D eigenvalue weighted by Crippen LogP contribution is -2.21. The van der Waals surface area contributed by atoms with Crippen LogP contribution in [0.1, 0.15) is 37.9 Å². The average molecular weight is 458 g/mol. The number of para-hydroxylation sites is 1. The summed E-state index contributed by atoms with van der Waals surface area (Å²) >= 11 is 0. The third-order valence-electron chi connectivity index (χ3n) is 6.01. The number of nitrogens with zero attached hydrogens (tertiary/aromatic N) is 1. The van der Waals surface area contributed by atoms with E-state index in [4.69, 9.17) is 9.72 Å². The Morgan fingerprint density at radius 1 is 0.714 bits per heavy atom. The molecule has 170 valence electrons. The molecule has 0 saturated carbocycles. The number of benzene rings is 4. The quantitative estimate of drug-likeness (QED) is 0.204. The summed E-state index contributed by atoms with van der Waals surface area (Å²) in [6.45, 7) is 1.87. The summed E-state index contributed by atoms with van der Waals surface area (Å²) in [7, 11) is 0. The van der Waals surface area contributed by atoms with Crippen LogP contribution < -0.4 is 0 Å². The Labute approximate surface area is 203 Å². The van der Waals surface area contributed by atoms with Gasteiger partial charge in [0.15, 0.2) is 6.10 Å². The van der Waals surface area contributed by atoms with Gasteiger partial charge in [-0.25, -0.2) is 9.78 Å². The first-order valence-corrected chi connectivity index (χ1v) is 11.4. The van der Waals surface area contributed by atoms with E-state index in [1.165, 1.54) is 0 Å². The fourth-order valence-corrected chi connectivity index (χ4v) is 4.27. The number of hydrogen-bond donors (Lipinski definition) is 0. The number of rotatable bonds is 6. The summed E-state index contributed by atoms with van der Waals surface area (Å²) < 4.78 is 6.00. The van der Waals surface area contributed by atoms with Crippen molar-refractivity contribution in [3.8, 4) is 11.3 Å². The van der Waals surface area contributed by atoms with Crippen LogP contribution >= 0.6 is 0 Å². The number of ketones is 1. The van der Waals surface area contributed by atoms with Gasteiger partial charge in [0, 0.05) is 22.1 Å². The molecule has 0 aliphatic heterocycles. The van der Waals surface area contributed by atoms with Gasteiger partial charge in [0.25, 0.3) is 0 Å². The van der Waals surface area contributed by atoms with Crippen molar-refractivity contribution in [1.29, 1.82) is 0 Å². The number of ether oxygens (including phenoxy) is 1. The van der Waals surface area contributed by atoms with Gasteiger partial charge in [0.05, 0.1) is 16.8 Å². The van der Waals surface area contributed by atoms with Gasteiger partial charge >= 0.3 is 5.97 Å². The monoisotopic (exact) mass is 457 g/mol. The molecule has 4 aromatic carbocycles. The van der Waals surface area contributed by atoms with Crippen molar-refractivity contribution in [3.05, 3.63) is 138 Å². The topological polar surface area (TPSA) is 56.3 Å². The molecule has 4 heteroatoms. The highest BCUT2D eigenvalue weighted by Gasteiger charge is 2.29. The molecule has 0 N–H and O–H groups in total. The first-order chi connectivity index (χ1) is 17.1. The van der Waals surface area contributed by atoms with Gasteiger partial charge in [0.2, 0.25) is 5.78 Å². The minimum Gasteiger partial charge on any atom is -0.445 e. The van der Waals surface area contributed by atoms with Gasteiger partial charge in [-0.3, -0.25) is 4.79 Å². The number of pyridine rings is 1. The number of carbonyl (C=O) groups excluding carboxylic acids is 2. The maximum absolute atomic E-state index is 13.8. The van der Waals surface area contributed by atoms with E-state index >= 15 is 0 Å². The number of carbonyl (C=O) groups is 2. The van der Waals surface area contributed by atoms with Crippen molar-refractivity contribution in [2.24, 2.45) is 0 Å². The van der Waals surface area contributed by atoms with Gasteiger partial charge in [-0.2, -0.15) is 0 Å². The molecule has 0 aliphatic rings. The predicted octanol–water partition coefficient (Wildman–Crippen LogP) is 6.99. The van der Waals surface area contributed by atoms with Gasteiger partial charge in [-0.05, 0) is 18.6 Å². The summed E-state index contributed by atoms with van der Waals surface area (Å²) in [5.74, 6) is -0.833. The Balaban J connectivity index is 1.62. The number of esters is 1. The van der Waals surface area contributed by atoms with E-state index < -0.39 is 12.1 Å². The van der Waals surface area contributed by atoms with E-state index in [0.717, 1.165) is 5.56 Å². The van der Waals surface area contributed by atoms with Crippen molar-refractivity contribution in [3.63, 3.8) is 0 Å². The molecule has 0 fully saturated rings. The SMILES string of the molecule is Cc1c(-c2ccccc2)nc2ccccc2c1C(=O)OC(C(=O)c1ccccc1)c1ccccc1. The zero-order chi connectivity index (χ0) is 24.2. The van der Waals surface area contributed by atoms with Crippen LogP contribution in [-0.2, 0) is 4.74 Å². The molecule has 1 heterocycles. The molecule has 0 aliphatic carbocycles. The van der Waals surface area contributed by atoms with E-state index in [-0.39, 0.29) is 5.78 Å². The molecule has 1 atom stereocenters. The molecule has 0 spiro atoms. The Hall–Kier alpha value is -4.57. The molecule has 0 bridgehead atoms. The van der Waals surface area contributed by atoms with Gasteiger partial charge in [0.1, 0.15) is 0 Å². The minimum atomic E-state index is -1.07. The highest BCUT2D eigenvalue weighted by Crippen LogP contribution is 2.32. The summed E-state index contributed by atoms with van der Waals surface area (Å²) in [6, 6.07) is 35.2. The van der Waals surface area contributed by atoms with Crippen molar-refractivity contribution in [2.75, 3.05) is 0 Å². The molecule has 0 saturated heterocycles. The maximum Gasteiger partial charge on any atom is 0.340 e. The van der Waals surface area contributed by atoms with Crippen molar-refractivity contribution in [2.45, 2.75) is 13.0 Å². The van der Waals surface area contributed by atoms with Crippen LogP contribution in [-0.4, -0.2) is 16.7 Å². The molecule has 1 unspecified atom stereocenters. The largest absolute Gasteiger partial charge is 0.445 e. The van der Waals surface area contributed by atoms with Crippen LogP contribution in [0.2, 0.25) is 0 Å². The summed E-state index contributed by atoms with van der Waals surface area (Å²) in [6.07, 6.45) is -1.07. The van der Waals surface area contributed by atoms with Crippen LogP contribution in [0.3, 0.4) is 0 Å². The van der Waals surface area contributed by atoms with E-state index in [1.807, 2.05) is 85.8 Å². The molecule has 4 nitrogen and oxygen atoms in total. The fourth-order valence-electron chi connectivity index (χ4n) is 4.27. The minimum absolute atomic E-state index is 0.274. The fraction of sp³-hybridized carbons (Fsp3) is 0.0645. The second-order valence-electron chi connectivity index (χ2n) is 8.27. The molecule has 35 heavy (non-hydrogen) atoms.